The van der Waals surface area contributed by atoms with Crippen molar-refractivity contribution in [3.63, 3.8) is 0 Å². The molecule has 0 unspecified atom stereocenters. The van der Waals surface area contributed by atoms with E-state index in [0.29, 0.717) is 6.54 Å². The molecule has 0 aromatic heterocycles. The largest absolute Gasteiger partial charge is 0.325 e. The second-order valence-electron chi connectivity index (χ2n) is 6.65. The first kappa shape index (κ1) is 14.5. The van der Waals surface area contributed by atoms with Gasteiger partial charge in [0.1, 0.15) is 6.17 Å². The Labute approximate surface area is 115 Å². The Hall–Kier alpha value is -0.930. The van der Waals surface area contributed by atoms with Crippen LogP contribution in [0.3, 0.4) is 0 Å². The number of alkyl halides is 1. The van der Waals surface area contributed by atoms with E-state index in [1.54, 1.807) is 0 Å². The molecule has 0 saturated carbocycles. The minimum Gasteiger partial charge on any atom is -0.325 e. The molecule has 1 aliphatic heterocycles. The van der Waals surface area contributed by atoms with Crippen molar-refractivity contribution < 1.29 is 4.39 Å². The minimum atomic E-state index is -0.886. The fourth-order valence-corrected chi connectivity index (χ4v) is 2.50. The summed E-state index contributed by atoms with van der Waals surface area (Å²) >= 11 is 0. The number of hydrogen-bond donors (Lipinski definition) is 1. The molecule has 2 atom stereocenters. The zero-order chi connectivity index (χ0) is 14.0. The van der Waals surface area contributed by atoms with Gasteiger partial charge in [0.2, 0.25) is 0 Å². The van der Waals surface area contributed by atoms with E-state index >= 15 is 0 Å². The lowest BCUT2D eigenvalue weighted by Crippen LogP contribution is -2.48. The van der Waals surface area contributed by atoms with Gasteiger partial charge >= 0.3 is 0 Å². The highest BCUT2D eigenvalue weighted by Gasteiger charge is 2.26. The normalized spacial score (nSPS) is 25.5. The van der Waals surface area contributed by atoms with Crippen LogP contribution >= 0.6 is 0 Å². The maximum atomic E-state index is 13.6. The Morgan fingerprint density at radius 3 is 2.42 bits per heavy atom. The summed E-state index contributed by atoms with van der Waals surface area (Å²) in [6.07, 6.45) is -0.135. The lowest BCUT2D eigenvalue weighted by atomic mass is 9.86. The Kier molecular flexibility index (Phi) is 4.26. The monoisotopic (exact) mass is 264 g/mol. The van der Waals surface area contributed by atoms with Gasteiger partial charge < -0.3 is 5.73 Å². The number of benzene rings is 1. The first-order valence-electron chi connectivity index (χ1n) is 7.07. The molecule has 1 aromatic rings. The van der Waals surface area contributed by atoms with E-state index in [1.807, 2.05) is 0 Å². The van der Waals surface area contributed by atoms with E-state index in [9.17, 15) is 4.39 Å². The van der Waals surface area contributed by atoms with Crippen LogP contribution in [0.5, 0.6) is 0 Å². The number of nitrogens with zero attached hydrogens (tertiary/aromatic N) is 1. The molecule has 106 valence electrons. The Morgan fingerprint density at radius 2 is 1.89 bits per heavy atom. The standard InChI is InChI=1S/C16H25FN2/c1-16(2,3)13-6-4-12(5-7-13)10-19-9-8-15(18)14(17)11-19/h4-7,14-15H,8-11,18H2,1-3H3/t14-,15-/m1/s1. The highest BCUT2D eigenvalue weighted by Crippen LogP contribution is 2.23. The van der Waals surface area contributed by atoms with Crippen molar-refractivity contribution in [2.45, 2.75) is 51.4 Å². The van der Waals surface area contributed by atoms with Gasteiger partial charge in [-0.05, 0) is 23.0 Å². The predicted molar refractivity (Wildman–Crippen MR) is 77.9 cm³/mol. The number of piperidine rings is 1. The third-order valence-electron chi connectivity index (χ3n) is 3.90. The van der Waals surface area contributed by atoms with Gasteiger partial charge in [0, 0.05) is 25.7 Å². The van der Waals surface area contributed by atoms with Crippen molar-refractivity contribution in [2.24, 2.45) is 5.73 Å². The maximum Gasteiger partial charge on any atom is 0.128 e. The van der Waals surface area contributed by atoms with Gasteiger partial charge in [0.05, 0.1) is 0 Å². The smallest absolute Gasteiger partial charge is 0.128 e. The fourth-order valence-electron chi connectivity index (χ4n) is 2.50. The average molecular weight is 264 g/mol. The quantitative estimate of drug-likeness (QED) is 0.890. The molecule has 0 radical (unpaired) electrons. The van der Waals surface area contributed by atoms with Crippen LogP contribution in [0.4, 0.5) is 4.39 Å². The maximum absolute atomic E-state index is 13.6. The predicted octanol–water partition coefficient (Wildman–Crippen LogP) is 2.86. The van der Waals surface area contributed by atoms with Crippen LogP contribution in [-0.2, 0) is 12.0 Å². The van der Waals surface area contributed by atoms with Crippen molar-refractivity contribution in [3.05, 3.63) is 35.4 Å². The van der Waals surface area contributed by atoms with Gasteiger partial charge in [-0.3, -0.25) is 4.90 Å². The molecule has 1 aliphatic rings. The summed E-state index contributed by atoms with van der Waals surface area (Å²) in [6.45, 7) is 8.80. The summed E-state index contributed by atoms with van der Waals surface area (Å²) in [5.41, 5.74) is 8.46. The van der Waals surface area contributed by atoms with E-state index in [4.69, 9.17) is 5.73 Å². The summed E-state index contributed by atoms with van der Waals surface area (Å²) in [6, 6.07) is 8.39. The number of rotatable bonds is 2. The van der Waals surface area contributed by atoms with Crippen LogP contribution < -0.4 is 5.73 Å². The minimum absolute atomic E-state index is 0.181. The van der Waals surface area contributed by atoms with Gasteiger partial charge in [-0.15, -0.1) is 0 Å². The van der Waals surface area contributed by atoms with Crippen molar-refractivity contribution >= 4 is 0 Å². The van der Waals surface area contributed by atoms with Crippen LogP contribution in [0.15, 0.2) is 24.3 Å². The van der Waals surface area contributed by atoms with E-state index in [1.165, 1.54) is 11.1 Å². The number of likely N-dealkylation sites (tertiary alicyclic amines) is 1. The highest BCUT2D eigenvalue weighted by atomic mass is 19.1. The molecule has 19 heavy (non-hydrogen) atoms. The molecule has 2 nitrogen and oxygen atoms in total. The molecular weight excluding hydrogens is 239 g/mol. The molecule has 0 bridgehead atoms. The molecule has 1 fully saturated rings. The fraction of sp³-hybridized carbons (Fsp3) is 0.625. The molecule has 1 saturated heterocycles. The first-order valence-corrected chi connectivity index (χ1v) is 7.07. The lowest BCUT2D eigenvalue weighted by molar-refractivity contribution is 0.114. The summed E-state index contributed by atoms with van der Waals surface area (Å²) in [4.78, 5) is 2.15. The van der Waals surface area contributed by atoms with Crippen LogP contribution in [0.1, 0.15) is 38.3 Å². The molecule has 1 aromatic carbocycles. The van der Waals surface area contributed by atoms with Gasteiger partial charge in [-0.25, -0.2) is 4.39 Å². The van der Waals surface area contributed by atoms with E-state index in [2.05, 4.69) is 49.9 Å². The second kappa shape index (κ2) is 5.59. The zero-order valence-corrected chi connectivity index (χ0v) is 12.2. The molecule has 3 heteroatoms. The number of halogens is 1. The molecule has 0 aliphatic carbocycles. The van der Waals surface area contributed by atoms with Gasteiger partial charge in [-0.2, -0.15) is 0 Å². The third kappa shape index (κ3) is 3.77. The Morgan fingerprint density at radius 1 is 1.26 bits per heavy atom. The summed E-state index contributed by atoms with van der Waals surface area (Å²) < 4.78 is 13.6. The average Bonchev–Trinajstić information content (AvgIpc) is 2.33. The molecule has 2 rings (SSSR count). The summed E-state index contributed by atoms with van der Waals surface area (Å²) in [5, 5.41) is 0. The van der Waals surface area contributed by atoms with Crippen LogP contribution in [0.2, 0.25) is 0 Å². The van der Waals surface area contributed by atoms with E-state index in [0.717, 1.165) is 19.5 Å². The SMILES string of the molecule is CC(C)(C)c1ccc(CN2CC[C@@H](N)[C@H](F)C2)cc1. The number of hydrogen-bond acceptors (Lipinski definition) is 2. The van der Waals surface area contributed by atoms with Crippen molar-refractivity contribution in [1.29, 1.82) is 0 Å². The van der Waals surface area contributed by atoms with Crippen LogP contribution in [0, 0.1) is 0 Å². The molecule has 0 spiro atoms. The van der Waals surface area contributed by atoms with Crippen LogP contribution in [0.25, 0.3) is 0 Å². The molecular formula is C16H25FN2. The van der Waals surface area contributed by atoms with Crippen LogP contribution in [-0.4, -0.2) is 30.2 Å². The Balaban J connectivity index is 1.97. The Bertz CT molecular complexity index is 408. The third-order valence-corrected chi connectivity index (χ3v) is 3.90. The first-order chi connectivity index (χ1) is 8.86. The summed E-state index contributed by atoms with van der Waals surface area (Å²) in [7, 11) is 0. The van der Waals surface area contributed by atoms with E-state index < -0.39 is 6.17 Å². The molecule has 0 amide bonds. The molecule has 1 heterocycles. The topological polar surface area (TPSA) is 29.3 Å². The van der Waals surface area contributed by atoms with Crippen molar-refractivity contribution in [3.8, 4) is 0 Å². The van der Waals surface area contributed by atoms with Crippen molar-refractivity contribution in [2.75, 3.05) is 13.1 Å². The highest BCUT2D eigenvalue weighted by molar-refractivity contribution is 5.27. The van der Waals surface area contributed by atoms with Crippen molar-refractivity contribution in [1.82, 2.24) is 4.90 Å². The summed E-state index contributed by atoms with van der Waals surface area (Å²) in [5.74, 6) is 0. The van der Waals surface area contributed by atoms with E-state index in [-0.39, 0.29) is 11.5 Å². The lowest BCUT2D eigenvalue weighted by Gasteiger charge is -2.32. The molecule has 2 N–H and O–H groups in total. The zero-order valence-electron chi connectivity index (χ0n) is 12.2. The second-order valence-corrected chi connectivity index (χ2v) is 6.65. The van der Waals surface area contributed by atoms with Gasteiger partial charge in [0.15, 0.2) is 0 Å². The van der Waals surface area contributed by atoms with Gasteiger partial charge in [0.25, 0.3) is 0 Å². The number of nitrogens with two attached hydrogens (primary N) is 1. The van der Waals surface area contributed by atoms with Gasteiger partial charge in [-0.1, -0.05) is 45.0 Å².